The van der Waals surface area contributed by atoms with Crippen molar-refractivity contribution in [1.29, 1.82) is 0 Å². The maximum absolute atomic E-state index is 11.8. The average Bonchev–Trinajstić information content (AvgIpc) is 2.34. The lowest BCUT2D eigenvalue weighted by atomic mass is 10.0. The van der Waals surface area contributed by atoms with E-state index in [2.05, 4.69) is 15.2 Å². The molecule has 0 rings (SSSR count). The van der Waals surface area contributed by atoms with E-state index in [1.165, 1.54) is 0 Å². The summed E-state index contributed by atoms with van der Waals surface area (Å²) < 4.78 is 25.0. The van der Waals surface area contributed by atoms with Crippen LogP contribution in [0.25, 0.3) is 0 Å². The van der Waals surface area contributed by atoms with Crippen LogP contribution in [-0.4, -0.2) is 44.2 Å². The zero-order valence-corrected chi connectivity index (χ0v) is 12.0. The number of amides is 1. The van der Waals surface area contributed by atoms with E-state index in [0.717, 1.165) is 0 Å². The summed E-state index contributed by atoms with van der Waals surface area (Å²) in [6, 6.07) is 0. The summed E-state index contributed by atoms with van der Waals surface area (Å²) in [4.78, 5) is 11.8. The summed E-state index contributed by atoms with van der Waals surface area (Å²) in [6.45, 7) is 3.82. The molecule has 0 aliphatic rings. The lowest BCUT2D eigenvalue weighted by Gasteiger charge is -2.14. The number of hydrogen-bond acceptors (Lipinski definition) is 5. The molecule has 112 valence electrons. The van der Waals surface area contributed by atoms with E-state index < -0.39 is 21.8 Å². The van der Waals surface area contributed by atoms with Crippen LogP contribution in [0.1, 0.15) is 26.7 Å². The van der Waals surface area contributed by atoms with Crippen molar-refractivity contribution >= 4 is 21.8 Å². The molecule has 8 nitrogen and oxygen atoms in total. The molecule has 0 saturated carbocycles. The molecule has 1 atom stereocenters. The number of amidine groups is 1. The van der Waals surface area contributed by atoms with Gasteiger partial charge in [-0.1, -0.05) is 25.4 Å². The molecule has 0 aromatic rings. The molecule has 1 unspecified atom stereocenters. The van der Waals surface area contributed by atoms with E-state index in [4.69, 9.17) is 10.9 Å². The van der Waals surface area contributed by atoms with E-state index in [1.807, 2.05) is 6.92 Å². The molecule has 0 spiro atoms. The van der Waals surface area contributed by atoms with E-state index in [0.29, 0.717) is 19.4 Å². The molecule has 0 radical (unpaired) electrons. The molecule has 0 aromatic carbocycles. The summed E-state index contributed by atoms with van der Waals surface area (Å²) in [7, 11) is -3.37. The Balaban J connectivity index is 4.36. The number of sulfonamides is 1. The Morgan fingerprint density at radius 3 is 2.53 bits per heavy atom. The Bertz CT molecular complexity index is 408. The molecule has 19 heavy (non-hydrogen) atoms. The van der Waals surface area contributed by atoms with Crippen LogP contribution in [0.3, 0.4) is 0 Å². The molecule has 0 aliphatic carbocycles. The van der Waals surface area contributed by atoms with Gasteiger partial charge in [0, 0.05) is 13.1 Å². The molecule has 0 aliphatic heterocycles. The van der Waals surface area contributed by atoms with Gasteiger partial charge in [0.05, 0.1) is 11.7 Å². The highest BCUT2D eigenvalue weighted by molar-refractivity contribution is 7.89. The second-order valence-corrected chi connectivity index (χ2v) is 5.90. The van der Waals surface area contributed by atoms with Gasteiger partial charge < -0.3 is 16.3 Å². The van der Waals surface area contributed by atoms with Gasteiger partial charge in [-0.05, 0) is 6.42 Å². The number of nitrogens with two attached hydrogens (primary N) is 1. The van der Waals surface area contributed by atoms with Gasteiger partial charge in [-0.25, -0.2) is 13.1 Å². The summed E-state index contributed by atoms with van der Waals surface area (Å²) >= 11 is 0. The summed E-state index contributed by atoms with van der Waals surface area (Å²) in [5.41, 5.74) is 5.42. The maximum atomic E-state index is 11.8. The second-order valence-electron chi connectivity index (χ2n) is 3.97. The van der Waals surface area contributed by atoms with Crippen LogP contribution in [-0.2, 0) is 14.8 Å². The monoisotopic (exact) mass is 294 g/mol. The average molecular weight is 294 g/mol. The van der Waals surface area contributed by atoms with Crippen molar-refractivity contribution in [2.45, 2.75) is 26.7 Å². The zero-order valence-electron chi connectivity index (χ0n) is 11.2. The van der Waals surface area contributed by atoms with Gasteiger partial charge in [-0.2, -0.15) is 0 Å². The highest BCUT2D eigenvalue weighted by Crippen LogP contribution is 2.06. The number of carbonyl (C=O) groups is 1. The number of rotatable bonds is 9. The van der Waals surface area contributed by atoms with Crippen LogP contribution in [0.5, 0.6) is 0 Å². The van der Waals surface area contributed by atoms with Crippen molar-refractivity contribution in [2.24, 2.45) is 16.8 Å². The van der Waals surface area contributed by atoms with Crippen LogP contribution in [0.15, 0.2) is 5.16 Å². The maximum Gasteiger partial charge on any atom is 0.230 e. The largest absolute Gasteiger partial charge is 0.409 e. The topological polar surface area (TPSA) is 134 Å². The van der Waals surface area contributed by atoms with Gasteiger partial charge in [-0.15, -0.1) is 0 Å². The molecule has 0 heterocycles. The number of oxime groups is 1. The first-order chi connectivity index (χ1) is 8.87. The Hall–Kier alpha value is -1.35. The first-order valence-corrected chi connectivity index (χ1v) is 7.75. The first kappa shape index (κ1) is 17.6. The Labute approximate surface area is 113 Å². The van der Waals surface area contributed by atoms with Crippen molar-refractivity contribution in [2.75, 3.05) is 18.8 Å². The number of nitrogens with one attached hydrogen (secondary N) is 2. The van der Waals surface area contributed by atoms with Crippen molar-refractivity contribution in [3.05, 3.63) is 0 Å². The lowest BCUT2D eigenvalue weighted by Crippen LogP contribution is -2.41. The minimum Gasteiger partial charge on any atom is -0.409 e. The predicted octanol–water partition coefficient (Wildman–Crippen LogP) is -0.795. The predicted molar refractivity (Wildman–Crippen MR) is 72.3 cm³/mol. The fraction of sp³-hybridized carbons (Fsp3) is 0.800. The third-order valence-corrected chi connectivity index (χ3v) is 3.87. The van der Waals surface area contributed by atoms with E-state index in [-0.39, 0.29) is 18.1 Å². The second kappa shape index (κ2) is 8.70. The normalized spacial score (nSPS) is 14.1. The van der Waals surface area contributed by atoms with Gasteiger partial charge >= 0.3 is 0 Å². The Morgan fingerprint density at radius 1 is 1.42 bits per heavy atom. The fourth-order valence-corrected chi connectivity index (χ4v) is 2.45. The number of nitrogens with zero attached hydrogens (tertiary/aromatic N) is 1. The highest BCUT2D eigenvalue weighted by atomic mass is 32.2. The molecule has 0 saturated heterocycles. The third kappa shape index (κ3) is 6.97. The SMILES string of the molecule is CCCC(C(=O)NCCS(=O)(=O)NCC)C(N)=NO. The van der Waals surface area contributed by atoms with Gasteiger partial charge in [0.15, 0.2) is 5.84 Å². The molecule has 9 heteroatoms. The quantitative estimate of drug-likeness (QED) is 0.191. The summed E-state index contributed by atoms with van der Waals surface area (Å²) in [6.07, 6.45) is 1.12. The number of carbonyl (C=O) groups excluding carboxylic acids is 1. The minimum absolute atomic E-state index is 0.0207. The van der Waals surface area contributed by atoms with E-state index >= 15 is 0 Å². The smallest absolute Gasteiger partial charge is 0.230 e. The molecular weight excluding hydrogens is 272 g/mol. The minimum atomic E-state index is -3.37. The molecule has 5 N–H and O–H groups in total. The summed E-state index contributed by atoms with van der Waals surface area (Å²) in [5.74, 6) is -1.56. The Kier molecular flexibility index (Phi) is 8.08. The molecule has 1 amide bonds. The van der Waals surface area contributed by atoms with Gasteiger partial charge in [0.25, 0.3) is 0 Å². The molecule has 0 aromatic heterocycles. The number of hydrogen-bond donors (Lipinski definition) is 4. The van der Waals surface area contributed by atoms with E-state index in [1.54, 1.807) is 6.92 Å². The molecular formula is C10H22N4O4S. The molecule has 0 bridgehead atoms. The zero-order chi connectivity index (χ0) is 14.9. The van der Waals surface area contributed by atoms with Crippen LogP contribution in [0, 0.1) is 5.92 Å². The van der Waals surface area contributed by atoms with Crippen molar-refractivity contribution in [1.82, 2.24) is 10.0 Å². The van der Waals surface area contributed by atoms with Crippen LogP contribution < -0.4 is 15.8 Å². The van der Waals surface area contributed by atoms with E-state index in [9.17, 15) is 13.2 Å². The summed E-state index contributed by atoms with van der Waals surface area (Å²) in [5, 5.41) is 13.9. The van der Waals surface area contributed by atoms with Crippen molar-refractivity contribution < 1.29 is 18.4 Å². The van der Waals surface area contributed by atoms with Crippen LogP contribution >= 0.6 is 0 Å². The fourth-order valence-electron chi connectivity index (χ4n) is 1.50. The van der Waals surface area contributed by atoms with Gasteiger partial charge in [0.2, 0.25) is 15.9 Å². The standard InChI is InChI=1S/C10H22N4O4S/c1-3-5-8(9(11)14-16)10(15)12-6-7-19(17,18)13-4-2/h8,13,16H,3-7H2,1-2H3,(H2,11,14)(H,12,15). The Morgan fingerprint density at radius 2 is 2.05 bits per heavy atom. The molecule has 0 fully saturated rings. The van der Waals surface area contributed by atoms with Crippen LogP contribution in [0.2, 0.25) is 0 Å². The van der Waals surface area contributed by atoms with Gasteiger partial charge in [0.1, 0.15) is 0 Å². The first-order valence-electron chi connectivity index (χ1n) is 6.10. The van der Waals surface area contributed by atoms with Crippen molar-refractivity contribution in [3.63, 3.8) is 0 Å². The van der Waals surface area contributed by atoms with Crippen molar-refractivity contribution in [3.8, 4) is 0 Å². The van der Waals surface area contributed by atoms with Gasteiger partial charge in [-0.3, -0.25) is 4.79 Å². The highest BCUT2D eigenvalue weighted by Gasteiger charge is 2.22. The lowest BCUT2D eigenvalue weighted by molar-refractivity contribution is -0.123. The van der Waals surface area contributed by atoms with Crippen LogP contribution in [0.4, 0.5) is 0 Å². The third-order valence-electron chi connectivity index (χ3n) is 2.40.